The summed E-state index contributed by atoms with van der Waals surface area (Å²) in [7, 11) is 2.19. The van der Waals surface area contributed by atoms with Crippen LogP contribution in [-0.4, -0.2) is 50.1 Å². The van der Waals surface area contributed by atoms with Gasteiger partial charge in [-0.15, -0.1) is 0 Å². The predicted octanol–water partition coefficient (Wildman–Crippen LogP) is 1.61. The summed E-state index contributed by atoms with van der Waals surface area (Å²) in [4.78, 5) is 14.2. The number of nitrogens with zero attached hydrogens (tertiary/aromatic N) is 1. The van der Waals surface area contributed by atoms with Crippen molar-refractivity contribution in [1.82, 2.24) is 15.5 Å². The lowest BCUT2D eigenvalue weighted by Crippen LogP contribution is -2.43. The third-order valence-corrected chi connectivity index (χ3v) is 4.06. The average Bonchev–Trinajstić information content (AvgIpc) is 2.41. The quantitative estimate of drug-likeness (QED) is 0.658. The lowest BCUT2D eigenvalue weighted by Gasteiger charge is -2.29. The van der Waals surface area contributed by atoms with Crippen molar-refractivity contribution < 1.29 is 4.79 Å². The van der Waals surface area contributed by atoms with Crippen LogP contribution in [0.1, 0.15) is 46.0 Å². The molecule has 0 bridgehead atoms. The van der Waals surface area contributed by atoms with Crippen molar-refractivity contribution in [3.8, 4) is 0 Å². The van der Waals surface area contributed by atoms with Gasteiger partial charge in [-0.25, -0.2) is 0 Å². The van der Waals surface area contributed by atoms with E-state index in [9.17, 15) is 4.79 Å². The van der Waals surface area contributed by atoms with Gasteiger partial charge in [0.15, 0.2) is 0 Å². The molecular weight excluding hydrogens is 238 g/mol. The van der Waals surface area contributed by atoms with Gasteiger partial charge in [-0.3, -0.25) is 4.79 Å². The molecule has 0 saturated carbocycles. The van der Waals surface area contributed by atoms with Crippen molar-refractivity contribution in [2.24, 2.45) is 5.92 Å². The number of hydrogen-bond donors (Lipinski definition) is 2. The van der Waals surface area contributed by atoms with Crippen LogP contribution in [0.4, 0.5) is 0 Å². The van der Waals surface area contributed by atoms with E-state index in [-0.39, 0.29) is 11.9 Å². The number of hydrogen-bond acceptors (Lipinski definition) is 3. The number of amides is 1. The molecule has 0 radical (unpaired) electrons. The monoisotopic (exact) mass is 269 g/mol. The number of carbonyl (C=O) groups excluding carboxylic acids is 1. The van der Waals surface area contributed by atoms with Gasteiger partial charge in [0.25, 0.3) is 0 Å². The molecule has 2 N–H and O–H groups in total. The Kier molecular flexibility index (Phi) is 8.07. The van der Waals surface area contributed by atoms with E-state index in [1.807, 2.05) is 6.92 Å². The Morgan fingerprint density at radius 2 is 2.00 bits per heavy atom. The van der Waals surface area contributed by atoms with E-state index in [0.717, 1.165) is 31.8 Å². The normalized spacial score (nSPS) is 19.3. The maximum atomic E-state index is 11.8. The van der Waals surface area contributed by atoms with E-state index in [2.05, 4.69) is 29.5 Å². The maximum Gasteiger partial charge on any atom is 0.236 e. The van der Waals surface area contributed by atoms with Crippen LogP contribution < -0.4 is 10.6 Å². The average molecular weight is 269 g/mol. The molecule has 19 heavy (non-hydrogen) atoms. The molecule has 0 spiro atoms. The first kappa shape index (κ1) is 16.4. The van der Waals surface area contributed by atoms with Gasteiger partial charge >= 0.3 is 0 Å². The van der Waals surface area contributed by atoms with Crippen LogP contribution in [0.25, 0.3) is 0 Å². The number of unbranched alkanes of at least 4 members (excludes halogenated alkanes) is 1. The summed E-state index contributed by atoms with van der Waals surface area (Å²) in [6.45, 7) is 8.29. The predicted molar refractivity (Wildman–Crippen MR) is 80.2 cm³/mol. The topological polar surface area (TPSA) is 44.4 Å². The fourth-order valence-electron chi connectivity index (χ4n) is 2.49. The number of carbonyl (C=O) groups is 1. The molecule has 4 heteroatoms. The summed E-state index contributed by atoms with van der Waals surface area (Å²) in [6, 6.07) is -0.0666. The van der Waals surface area contributed by atoms with Gasteiger partial charge < -0.3 is 15.5 Å². The Morgan fingerprint density at radius 3 is 2.63 bits per heavy atom. The van der Waals surface area contributed by atoms with Crippen molar-refractivity contribution in [2.75, 3.05) is 33.2 Å². The molecule has 0 aromatic heterocycles. The molecule has 1 aliphatic heterocycles. The van der Waals surface area contributed by atoms with Crippen LogP contribution in [0.3, 0.4) is 0 Å². The first-order valence-electron chi connectivity index (χ1n) is 7.83. The van der Waals surface area contributed by atoms with Crippen molar-refractivity contribution in [2.45, 2.75) is 52.0 Å². The van der Waals surface area contributed by atoms with Crippen molar-refractivity contribution in [1.29, 1.82) is 0 Å². The second-order valence-corrected chi connectivity index (χ2v) is 5.86. The van der Waals surface area contributed by atoms with E-state index in [1.165, 1.54) is 32.4 Å². The zero-order valence-electron chi connectivity index (χ0n) is 12.9. The maximum absolute atomic E-state index is 11.8. The summed E-state index contributed by atoms with van der Waals surface area (Å²) in [5.41, 5.74) is 0. The second-order valence-electron chi connectivity index (χ2n) is 5.86. The molecule has 1 amide bonds. The van der Waals surface area contributed by atoms with Gasteiger partial charge in [0.05, 0.1) is 6.04 Å². The highest BCUT2D eigenvalue weighted by Gasteiger charge is 2.17. The van der Waals surface area contributed by atoms with Gasteiger partial charge in [0.1, 0.15) is 0 Å². The van der Waals surface area contributed by atoms with Gasteiger partial charge in [0.2, 0.25) is 5.91 Å². The fourth-order valence-corrected chi connectivity index (χ4v) is 2.49. The minimum Gasteiger partial charge on any atom is -0.355 e. The van der Waals surface area contributed by atoms with Crippen LogP contribution in [0.15, 0.2) is 0 Å². The van der Waals surface area contributed by atoms with Gasteiger partial charge in [-0.2, -0.15) is 0 Å². The van der Waals surface area contributed by atoms with Gasteiger partial charge in [0, 0.05) is 6.54 Å². The molecule has 1 atom stereocenters. The third kappa shape index (κ3) is 6.92. The van der Waals surface area contributed by atoms with Crippen LogP contribution in [0.2, 0.25) is 0 Å². The minimum atomic E-state index is -0.0666. The molecule has 0 aromatic rings. The molecule has 1 rings (SSSR count). The summed E-state index contributed by atoms with van der Waals surface area (Å²) >= 11 is 0. The van der Waals surface area contributed by atoms with Crippen molar-refractivity contribution in [3.63, 3.8) is 0 Å². The van der Waals surface area contributed by atoms with Crippen LogP contribution in [-0.2, 0) is 4.79 Å². The first-order valence-corrected chi connectivity index (χ1v) is 7.83. The Bertz CT molecular complexity index is 250. The zero-order chi connectivity index (χ0) is 14.1. The largest absolute Gasteiger partial charge is 0.355 e. The third-order valence-electron chi connectivity index (χ3n) is 4.06. The van der Waals surface area contributed by atoms with Crippen molar-refractivity contribution in [3.05, 3.63) is 0 Å². The molecule has 1 unspecified atom stereocenters. The number of nitrogens with one attached hydrogen (secondary N) is 2. The summed E-state index contributed by atoms with van der Waals surface area (Å²) in [6.07, 6.45) is 5.98. The molecule has 1 fully saturated rings. The highest BCUT2D eigenvalue weighted by Crippen LogP contribution is 2.18. The highest BCUT2D eigenvalue weighted by atomic mass is 16.2. The number of likely N-dealkylation sites (tertiary alicyclic amines) is 1. The first-order chi connectivity index (χ1) is 9.13. The van der Waals surface area contributed by atoms with E-state index in [1.54, 1.807) is 0 Å². The summed E-state index contributed by atoms with van der Waals surface area (Å²) in [5, 5.41) is 6.31. The standard InChI is InChI=1S/C15H31N3O/c1-4-5-9-17-15(19)13(2)16-10-6-14-7-11-18(3)12-8-14/h13-14,16H,4-12H2,1-3H3,(H,17,19). The van der Waals surface area contributed by atoms with Gasteiger partial charge in [-0.1, -0.05) is 13.3 Å². The molecule has 1 heterocycles. The van der Waals surface area contributed by atoms with E-state index in [0.29, 0.717) is 0 Å². The molecule has 1 saturated heterocycles. The molecule has 0 aliphatic carbocycles. The molecular formula is C15H31N3O. The fraction of sp³-hybridized carbons (Fsp3) is 0.933. The van der Waals surface area contributed by atoms with Crippen molar-refractivity contribution >= 4 is 5.91 Å². The van der Waals surface area contributed by atoms with Crippen LogP contribution >= 0.6 is 0 Å². The Balaban J connectivity index is 2.06. The molecule has 4 nitrogen and oxygen atoms in total. The van der Waals surface area contributed by atoms with Crippen LogP contribution in [0.5, 0.6) is 0 Å². The molecule has 112 valence electrons. The Hall–Kier alpha value is -0.610. The number of rotatable bonds is 8. The van der Waals surface area contributed by atoms with Crippen LogP contribution in [0, 0.1) is 5.92 Å². The smallest absolute Gasteiger partial charge is 0.236 e. The lowest BCUT2D eigenvalue weighted by atomic mass is 9.94. The van der Waals surface area contributed by atoms with E-state index in [4.69, 9.17) is 0 Å². The lowest BCUT2D eigenvalue weighted by molar-refractivity contribution is -0.122. The zero-order valence-corrected chi connectivity index (χ0v) is 12.9. The summed E-state index contributed by atoms with van der Waals surface area (Å²) < 4.78 is 0. The second kappa shape index (κ2) is 9.32. The SMILES string of the molecule is CCCCNC(=O)C(C)NCCC1CCN(C)CC1. The highest BCUT2D eigenvalue weighted by molar-refractivity contribution is 5.81. The Morgan fingerprint density at radius 1 is 1.32 bits per heavy atom. The molecule has 1 aliphatic rings. The molecule has 0 aromatic carbocycles. The summed E-state index contributed by atoms with van der Waals surface area (Å²) in [5.74, 6) is 0.968. The van der Waals surface area contributed by atoms with Gasteiger partial charge in [-0.05, 0) is 65.2 Å². The Labute approximate surface area is 118 Å². The van der Waals surface area contributed by atoms with E-state index < -0.39 is 0 Å². The minimum absolute atomic E-state index is 0.0666. The number of piperidine rings is 1. The van der Waals surface area contributed by atoms with E-state index >= 15 is 0 Å².